The third-order valence-corrected chi connectivity index (χ3v) is 5.91. The van der Waals surface area contributed by atoms with Gasteiger partial charge in [-0.1, -0.05) is 60.7 Å². The zero-order valence-electron chi connectivity index (χ0n) is 18.1. The van der Waals surface area contributed by atoms with Crippen LogP contribution in [-0.2, 0) is 11.5 Å². The molecule has 0 unspecified atom stereocenters. The van der Waals surface area contributed by atoms with Crippen LogP contribution in [0.4, 0.5) is 0 Å². The molecule has 1 amide bonds. The lowest BCUT2D eigenvalue weighted by atomic mass is 10.1. The van der Waals surface area contributed by atoms with E-state index in [1.807, 2.05) is 96.7 Å². The van der Waals surface area contributed by atoms with Crippen LogP contribution in [0.3, 0.4) is 0 Å². The van der Waals surface area contributed by atoms with Gasteiger partial charge in [0.15, 0.2) is 0 Å². The topological polar surface area (TPSA) is 50.7 Å². The summed E-state index contributed by atoms with van der Waals surface area (Å²) in [6, 6.07) is 35.2. The Labute approximate surface area is 198 Å². The largest absolute Gasteiger partial charge is 0.457 e. The van der Waals surface area contributed by atoms with Crippen molar-refractivity contribution in [2.45, 2.75) is 11.5 Å². The van der Waals surface area contributed by atoms with Gasteiger partial charge in [0.05, 0.1) is 6.21 Å². The van der Waals surface area contributed by atoms with Gasteiger partial charge in [-0.3, -0.25) is 4.79 Å². The Bertz CT molecular complexity index is 1180. The lowest BCUT2D eigenvalue weighted by Gasteiger charge is -2.05. The number of ether oxygens (including phenoxy) is 1. The van der Waals surface area contributed by atoms with E-state index in [1.54, 1.807) is 6.21 Å². The van der Waals surface area contributed by atoms with E-state index in [0.29, 0.717) is 5.56 Å². The minimum absolute atomic E-state index is 0.237. The van der Waals surface area contributed by atoms with Gasteiger partial charge in [-0.05, 0) is 65.2 Å². The van der Waals surface area contributed by atoms with Crippen molar-refractivity contribution in [1.29, 1.82) is 0 Å². The van der Waals surface area contributed by atoms with E-state index >= 15 is 0 Å². The predicted molar refractivity (Wildman–Crippen MR) is 136 cm³/mol. The molecule has 0 radical (unpaired) electrons. The Balaban J connectivity index is 1.23. The lowest BCUT2D eigenvalue weighted by molar-refractivity contribution is 0.0955. The van der Waals surface area contributed by atoms with E-state index in [2.05, 4.69) is 34.8 Å². The van der Waals surface area contributed by atoms with Gasteiger partial charge in [0, 0.05) is 17.1 Å². The van der Waals surface area contributed by atoms with Gasteiger partial charge in [-0.15, -0.1) is 0 Å². The van der Waals surface area contributed by atoms with Crippen LogP contribution in [0.1, 0.15) is 27.0 Å². The van der Waals surface area contributed by atoms with Crippen molar-refractivity contribution < 1.29 is 9.53 Å². The van der Waals surface area contributed by atoms with Gasteiger partial charge in [-0.25, -0.2) is 5.43 Å². The number of nitrogens with zero attached hydrogens (tertiary/aromatic N) is 1. The average molecular weight is 453 g/mol. The molecule has 0 aromatic heterocycles. The quantitative estimate of drug-likeness (QED) is 0.228. The van der Waals surface area contributed by atoms with Gasteiger partial charge < -0.3 is 4.74 Å². The van der Waals surface area contributed by atoms with Gasteiger partial charge in [0.25, 0.3) is 5.91 Å². The van der Waals surface area contributed by atoms with Crippen molar-refractivity contribution in [2.75, 3.05) is 0 Å². The summed E-state index contributed by atoms with van der Waals surface area (Å²) in [7, 11) is 0. The van der Waals surface area contributed by atoms with Gasteiger partial charge in [0.1, 0.15) is 11.5 Å². The molecule has 0 saturated carbocycles. The van der Waals surface area contributed by atoms with E-state index in [1.165, 1.54) is 11.1 Å². The molecule has 0 bridgehead atoms. The number of carbonyl (C=O) groups excluding carboxylic acids is 1. The zero-order chi connectivity index (χ0) is 22.7. The Morgan fingerprint density at radius 1 is 0.727 bits per heavy atom. The smallest absolute Gasteiger partial charge is 0.271 e. The molecule has 0 fully saturated rings. The van der Waals surface area contributed by atoms with Crippen molar-refractivity contribution in [3.63, 3.8) is 0 Å². The molecule has 0 aliphatic carbocycles. The van der Waals surface area contributed by atoms with Crippen molar-refractivity contribution in [1.82, 2.24) is 5.43 Å². The molecular weight excluding hydrogens is 428 g/mol. The maximum atomic E-state index is 12.4. The molecule has 33 heavy (non-hydrogen) atoms. The highest BCUT2D eigenvalue weighted by atomic mass is 32.2. The molecule has 5 heteroatoms. The van der Waals surface area contributed by atoms with Crippen LogP contribution in [0, 0.1) is 0 Å². The summed E-state index contributed by atoms with van der Waals surface area (Å²) < 4.78 is 5.77. The third kappa shape index (κ3) is 7.09. The van der Waals surface area contributed by atoms with Gasteiger partial charge >= 0.3 is 0 Å². The van der Waals surface area contributed by atoms with Crippen LogP contribution in [0.2, 0.25) is 0 Å². The fourth-order valence-corrected chi connectivity index (χ4v) is 4.05. The van der Waals surface area contributed by atoms with Crippen molar-refractivity contribution >= 4 is 23.9 Å². The molecule has 0 aliphatic heterocycles. The number of para-hydroxylation sites is 1. The number of hydrogen-bond donors (Lipinski definition) is 1. The van der Waals surface area contributed by atoms with Crippen LogP contribution in [0.25, 0.3) is 0 Å². The van der Waals surface area contributed by atoms with Crippen LogP contribution in [0.15, 0.2) is 114 Å². The van der Waals surface area contributed by atoms with Crippen LogP contribution >= 0.6 is 11.8 Å². The summed E-state index contributed by atoms with van der Waals surface area (Å²) in [5.74, 6) is 3.16. The minimum atomic E-state index is -0.237. The Hall–Kier alpha value is -3.83. The standard InChI is InChI=1S/C28H24N2O2S/c31-28(25-15-11-24(12-16-25)21-33-20-23-7-3-1-4-8-23)30-29-19-22-13-17-27(18-14-22)32-26-9-5-2-6-10-26/h1-19H,20-21H2,(H,30,31). The third-order valence-electron chi connectivity index (χ3n) is 4.84. The number of amides is 1. The molecule has 4 nitrogen and oxygen atoms in total. The summed E-state index contributed by atoms with van der Waals surface area (Å²) in [4.78, 5) is 12.4. The number of carbonyl (C=O) groups is 1. The molecule has 164 valence electrons. The average Bonchev–Trinajstić information content (AvgIpc) is 2.87. The maximum Gasteiger partial charge on any atom is 0.271 e. The zero-order valence-corrected chi connectivity index (χ0v) is 18.9. The number of rotatable bonds is 9. The second-order valence-corrected chi connectivity index (χ2v) is 8.34. The summed E-state index contributed by atoms with van der Waals surface area (Å²) in [6.07, 6.45) is 1.61. The number of hydrazone groups is 1. The fraction of sp³-hybridized carbons (Fsp3) is 0.0714. The minimum Gasteiger partial charge on any atom is -0.457 e. The Morgan fingerprint density at radius 3 is 1.97 bits per heavy atom. The van der Waals surface area contributed by atoms with E-state index in [-0.39, 0.29) is 5.91 Å². The van der Waals surface area contributed by atoms with Crippen molar-refractivity contribution in [3.8, 4) is 11.5 Å². The lowest BCUT2D eigenvalue weighted by Crippen LogP contribution is -2.17. The maximum absolute atomic E-state index is 12.4. The Kier molecular flexibility index (Phi) is 7.93. The monoisotopic (exact) mass is 452 g/mol. The summed E-state index contributed by atoms with van der Waals surface area (Å²) in [5, 5.41) is 4.07. The highest BCUT2D eigenvalue weighted by molar-refractivity contribution is 7.97. The molecule has 4 aromatic rings. The molecule has 0 aliphatic rings. The second kappa shape index (κ2) is 11.7. The fourth-order valence-electron chi connectivity index (χ4n) is 3.09. The van der Waals surface area contributed by atoms with Crippen LogP contribution in [-0.4, -0.2) is 12.1 Å². The SMILES string of the molecule is O=C(NN=Cc1ccc(Oc2ccccc2)cc1)c1ccc(CSCc2ccccc2)cc1. The first-order valence-electron chi connectivity index (χ1n) is 10.6. The molecule has 1 N–H and O–H groups in total. The van der Waals surface area contributed by atoms with Crippen molar-refractivity contribution in [3.05, 3.63) is 131 Å². The number of thioether (sulfide) groups is 1. The highest BCUT2D eigenvalue weighted by Crippen LogP contribution is 2.21. The van der Waals surface area contributed by atoms with Gasteiger partial charge in [0.2, 0.25) is 0 Å². The number of benzene rings is 4. The first kappa shape index (κ1) is 22.4. The summed E-state index contributed by atoms with van der Waals surface area (Å²) >= 11 is 1.85. The van der Waals surface area contributed by atoms with E-state index in [0.717, 1.165) is 28.6 Å². The molecule has 0 spiro atoms. The van der Waals surface area contributed by atoms with E-state index in [9.17, 15) is 4.79 Å². The van der Waals surface area contributed by atoms with Crippen LogP contribution < -0.4 is 10.2 Å². The number of nitrogens with one attached hydrogen (secondary N) is 1. The molecule has 4 aromatic carbocycles. The molecule has 0 saturated heterocycles. The summed E-state index contributed by atoms with van der Waals surface area (Å²) in [5.41, 5.74) is 6.53. The predicted octanol–water partition coefficient (Wildman–Crippen LogP) is 6.68. The summed E-state index contributed by atoms with van der Waals surface area (Å²) in [6.45, 7) is 0. The van der Waals surface area contributed by atoms with E-state index < -0.39 is 0 Å². The normalized spacial score (nSPS) is 10.8. The molecule has 0 atom stereocenters. The van der Waals surface area contributed by atoms with Gasteiger partial charge in [-0.2, -0.15) is 16.9 Å². The molecule has 0 heterocycles. The van der Waals surface area contributed by atoms with E-state index in [4.69, 9.17) is 4.74 Å². The Morgan fingerprint density at radius 2 is 1.30 bits per heavy atom. The van der Waals surface area contributed by atoms with Crippen LogP contribution in [0.5, 0.6) is 11.5 Å². The first-order valence-corrected chi connectivity index (χ1v) is 11.8. The van der Waals surface area contributed by atoms with Crippen molar-refractivity contribution in [2.24, 2.45) is 5.10 Å². The first-order chi connectivity index (χ1) is 16.3. The number of hydrogen-bond acceptors (Lipinski definition) is 4. The second-order valence-electron chi connectivity index (χ2n) is 7.36. The highest BCUT2D eigenvalue weighted by Gasteiger charge is 2.04. The molecular formula is C28H24N2O2S. The molecule has 4 rings (SSSR count).